The number of likely N-dealkylation sites (tertiary alicyclic amines) is 1. The number of thiophene rings is 1. The molecule has 0 aromatic carbocycles. The van der Waals surface area contributed by atoms with E-state index < -0.39 is 5.41 Å². The van der Waals surface area contributed by atoms with Gasteiger partial charge in [0.05, 0.1) is 14.1 Å². The lowest BCUT2D eigenvalue weighted by atomic mass is 9.89. The van der Waals surface area contributed by atoms with Gasteiger partial charge in [-0.3, -0.25) is 9.59 Å². The number of carbonyl (C=O) groups is 2. The fourth-order valence-electron chi connectivity index (χ4n) is 2.06. The Labute approximate surface area is 118 Å². The van der Waals surface area contributed by atoms with Gasteiger partial charge in [0.2, 0.25) is 5.91 Å². The molecule has 1 aromatic rings. The molecule has 0 aliphatic carbocycles. The number of halogens is 1. The van der Waals surface area contributed by atoms with Crippen molar-refractivity contribution < 1.29 is 9.59 Å². The molecule has 1 saturated heterocycles. The largest absolute Gasteiger partial charge is 0.369 e. The van der Waals surface area contributed by atoms with Gasteiger partial charge in [0, 0.05) is 13.1 Å². The van der Waals surface area contributed by atoms with Gasteiger partial charge in [-0.15, -0.1) is 11.3 Å². The van der Waals surface area contributed by atoms with Gasteiger partial charge in [0.25, 0.3) is 5.91 Å². The SMILES string of the molecule is Cc1cc(C(=O)N2CCC(C)(C(N)=O)C2)sc1Br. The molecule has 18 heavy (non-hydrogen) atoms. The van der Waals surface area contributed by atoms with Crippen LogP contribution in [0.3, 0.4) is 0 Å². The van der Waals surface area contributed by atoms with Gasteiger partial charge in [-0.1, -0.05) is 0 Å². The maximum atomic E-state index is 12.3. The predicted octanol–water partition coefficient (Wildman–Crippen LogP) is 2.16. The quantitative estimate of drug-likeness (QED) is 0.903. The number of nitrogens with two attached hydrogens (primary N) is 1. The molecule has 2 heterocycles. The average molecular weight is 331 g/mol. The summed E-state index contributed by atoms with van der Waals surface area (Å²) in [5.41, 5.74) is 5.85. The zero-order chi connectivity index (χ0) is 13.5. The first-order valence-electron chi connectivity index (χ1n) is 5.68. The molecule has 1 unspecified atom stereocenters. The number of aryl methyl sites for hydroxylation is 1. The maximum absolute atomic E-state index is 12.3. The van der Waals surface area contributed by atoms with Crippen molar-refractivity contribution in [2.75, 3.05) is 13.1 Å². The number of amides is 2. The van der Waals surface area contributed by atoms with Gasteiger partial charge in [0.1, 0.15) is 0 Å². The van der Waals surface area contributed by atoms with Crippen LogP contribution < -0.4 is 5.73 Å². The Hall–Kier alpha value is -0.880. The third-order valence-corrected chi connectivity index (χ3v) is 5.55. The molecule has 98 valence electrons. The number of hydrogen-bond donors (Lipinski definition) is 1. The van der Waals surface area contributed by atoms with Crippen molar-refractivity contribution in [2.24, 2.45) is 11.1 Å². The normalized spacial score (nSPS) is 23.4. The number of hydrogen-bond acceptors (Lipinski definition) is 3. The van der Waals surface area contributed by atoms with Crippen molar-refractivity contribution in [2.45, 2.75) is 20.3 Å². The van der Waals surface area contributed by atoms with Gasteiger partial charge in [-0.2, -0.15) is 0 Å². The maximum Gasteiger partial charge on any atom is 0.264 e. The second-order valence-electron chi connectivity index (χ2n) is 4.97. The van der Waals surface area contributed by atoms with E-state index in [1.165, 1.54) is 11.3 Å². The summed E-state index contributed by atoms with van der Waals surface area (Å²) in [5, 5.41) is 0. The van der Waals surface area contributed by atoms with Crippen molar-refractivity contribution >= 4 is 39.1 Å². The monoisotopic (exact) mass is 330 g/mol. The lowest BCUT2D eigenvalue weighted by Gasteiger charge is -2.20. The van der Waals surface area contributed by atoms with Crippen LogP contribution in [-0.2, 0) is 4.79 Å². The van der Waals surface area contributed by atoms with Crippen LogP contribution in [0.4, 0.5) is 0 Å². The fraction of sp³-hybridized carbons (Fsp3) is 0.500. The molecule has 1 aliphatic heterocycles. The van der Waals surface area contributed by atoms with Gasteiger partial charge in [-0.25, -0.2) is 0 Å². The molecule has 1 atom stereocenters. The van der Waals surface area contributed by atoms with Crippen molar-refractivity contribution in [3.8, 4) is 0 Å². The Morgan fingerprint density at radius 1 is 1.56 bits per heavy atom. The molecule has 2 N–H and O–H groups in total. The van der Waals surface area contributed by atoms with Crippen LogP contribution in [-0.4, -0.2) is 29.8 Å². The Morgan fingerprint density at radius 2 is 2.22 bits per heavy atom. The predicted molar refractivity (Wildman–Crippen MR) is 74.6 cm³/mol. The summed E-state index contributed by atoms with van der Waals surface area (Å²) in [6.07, 6.45) is 0.638. The van der Waals surface area contributed by atoms with E-state index in [-0.39, 0.29) is 11.8 Å². The standard InChI is InChI=1S/C12H15BrN2O2S/c1-7-5-8(18-9(7)13)10(16)15-4-3-12(2,6-15)11(14)17/h5H,3-4,6H2,1-2H3,(H2,14,17). The first-order chi connectivity index (χ1) is 8.33. The molecule has 2 amide bonds. The number of rotatable bonds is 2. The Kier molecular flexibility index (Phi) is 3.51. The second kappa shape index (κ2) is 4.66. The molecule has 1 aliphatic rings. The summed E-state index contributed by atoms with van der Waals surface area (Å²) in [5.74, 6) is -0.347. The second-order valence-corrected chi connectivity index (χ2v) is 7.34. The van der Waals surface area contributed by atoms with Crippen LogP contribution in [0.5, 0.6) is 0 Å². The Bertz CT molecular complexity index is 495. The number of primary amides is 1. The average Bonchev–Trinajstić information content (AvgIpc) is 2.84. The van der Waals surface area contributed by atoms with E-state index in [4.69, 9.17) is 5.73 Å². The number of nitrogens with zero attached hydrogens (tertiary/aromatic N) is 1. The minimum absolute atomic E-state index is 0.0150. The third-order valence-electron chi connectivity index (χ3n) is 3.42. The van der Waals surface area contributed by atoms with E-state index >= 15 is 0 Å². The van der Waals surface area contributed by atoms with Gasteiger partial charge in [-0.05, 0) is 47.8 Å². The molecule has 2 rings (SSSR count). The summed E-state index contributed by atoms with van der Waals surface area (Å²) >= 11 is 4.84. The minimum atomic E-state index is -0.584. The van der Waals surface area contributed by atoms with E-state index in [0.717, 1.165) is 9.35 Å². The van der Waals surface area contributed by atoms with Crippen LogP contribution in [0, 0.1) is 12.3 Å². The zero-order valence-electron chi connectivity index (χ0n) is 10.3. The molecule has 0 saturated carbocycles. The molecule has 6 heteroatoms. The zero-order valence-corrected chi connectivity index (χ0v) is 12.7. The summed E-state index contributed by atoms with van der Waals surface area (Å²) in [6.45, 7) is 4.77. The van der Waals surface area contributed by atoms with E-state index in [0.29, 0.717) is 24.4 Å². The van der Waals surface area contributed by atoms with Crippen molar-refractivity contribution in [3.05, 3.63) is 20.3 Å². The summed E-state index contributed by atoms with van der Waals surface area (Å²) < 4.78 is 0.975. The Morgan fingerprint density at radius 3 is 2.67 bits per heavy atom. The van der Waals surface area contributed by atoms with Crippen LogP contribution in [0.1, 0.15) is 28.6 Å². The molecule has 4 nitrogen and oxygen atoms in total. The molecule has 0 spiro atoms. The van der Waals surface area contributed by atoms with Crippen molar-refractivity contribution in [1.82, 2.24) is 4.90 Å². The van der Waals surface area contributed by atoms with E-state index in [1.54, 1.807) is 4.90 Å². The first kappa shape index (κ1) is 13.5. The number of carbonyl (C=O) groups excluding carboxylic acids is 2. The third kappa shape index (κ3) is 2.31. The summed E-state index contributed by atoms with van der Waals surface area (Å²) in [7, 11) is 0. The van der Waals surface area contributed by atoms with Crippen LogP contribution in [0.15, 0.2) is 9.85 Å². The van der Waals surface area contributed by atoms with Crippen molar-refractivity contribution in [1.29, 1.82) is 0 Å². The molecular weight excluding hydrogens is 316 g/mol. The summed E-state index contributed by atoms with van der Waals surface area (Å²) in [4.78, 5) is 26.1. The molecule has 0 radical (unpaired) electrons. The summed E-state index contributed by atoms with van der Waals surface area (Å²) in [6, 6.07) is 1.87. The van der Waals surface area contributed by atoms with E-state index in [1.807, 2.05) is 19.9 Å². The lowest BCUT2D eigenvalue weighted by Crippen LogP contribution is -2.38. The highest BCUT2D eigenvalue weighted by Gasteiger charge is 2.41. The molecule has 1 fully saturated rings. The highest BCUT2D eigenvalue weighted by atomic mass is 79.9. The molecular formula is C12H15BrN2O2S. The van der Waals surface area contributed by atoms with Gasteiger partial charge < -0.3 is 10.6 Å². The minimum Gasteiger partial charge on any atom is -0.369 e. The van der Waals surface area contributed by atoms with Crippen LogP contribution >= 0.6 is 27.3 Å². The van der Waals surface area contributed by atoms with Gasteiger partial charge >= 0.3 is 0 Å². The van der Waals surface area contributed by atoms with E-state index in [9.17, 15) is 9.59 Å². The van der Waals surface area contributed by atoms with Gasteiger partial charge in [0.15, 0.2) is 0 Å². The van der Waals surface area contributed by atoms with E-state index in [2.05, 4.69) is 15.9 Å². The molecule has 1 aromatic heterocycles. The first-order valence-corrected chi connectivity index (χ1v) is 7.29. The highest BCUT2D eigenvalue weighted by Crippen LogP contribution is 2.33. The topological polar surface area (TPSA) is 63.4 Å². The van der Waals surface area contributed by atoms with Crippen LogP contribution in [0.2, 0.25) is 0 Å². The lowest BCUT2D eigenvalue weighted by molar-refractivity contribution is -0.126. The molecule has 0 bridgehead atoms. The fourth-order valence-corrected chi connectivity index (χ4v) is 3.56. The Balaban J connectivity index is 2.15. The van der Waals surface area contributed by atoms with Crippen LogP contribution in [0.25, 0.3) is 0 Å². The smallest absolute Gasteiger partial charge is 0.264 e. The highest BCUT2D eigenvalue weighted by molar-refractivity contribution is 9.11. The van der Waals surface area contributed by atoms with Crippen molar-refractivity contribution in [3.63, 3.8) is 0 Å².